The first-order valence-corrected chi connectivity index (χ1v) is 5.05. The normalized spacial score (nSPS) is 10.1. The van der Waals surface area contributed by atoms with Crippen molar-refractivity contribution in [1.29, 1.82) is 0 Å². The van der Waals surface area contributed by atoms with Gasteiger partial charge >= 0.3 is 0 Å². The Morgan fingerprint density at radius 3 is 2.25 bits per heavy atom. The summed E-state index contributed by atoms with van der Waals surface area (Å²) < 4.78 is 0. The van der Waals surface area contributed by atoms with Gasteiger partial charge in [-0.15, -0.1) is 0 Å². The Labute approximate surface area is 94.2 Å². The quantitative estimate of drug-likeness (QED) is 0.776. The Balaban J connectivity index is 2.45. The van der Waals surface area contributed by atoms with Crippen LogP contribution in [0.3, 0.4) is 0 Å². The van der Waals surface area contributed by atoms with E-state index in [1.165, 1.54) is 0 Å². The molecule has 1 N–H and O–H groups in total. The maximum absolute atomic E-state index is 10.5. The van der Waals surface area contributed by atoms with E-state index in [1.54, 1.807) is 24.3 Å². The molecule has 0 saturated carbocycles. The molecular weight excluding hydrogens is 200 g/mol. The van der Waals surface area contributed by atoms with E-state index in [0.717, 1.165) is 23.0 Å². The lowest BCUT2D eigenvalue weighted by Crippen LogP contribution is -1.82. The third-order valence-electron chi connectivity index (χ3n) is 2.44. The van der Waals surface area contributed by atoms with Crippen molar-refractivity contribution in [3.05, 3.63) is 53.6 Å². The number of rotatable bonds is 2. The van der Waals surface area contributed by atoms with Crippen molar-refractivity contribution in [3.8, 4) is 16.9 Å². The van der Waals surface area contributed by atoms with Gasteiger partial charge in [0.15, 0.2) is 0 Å². The van der Waals surface area contributed by atoms with Gasteiger partial charge in [-0.2, -0.15) is 0 Å². The minimum Gasteiger partial charge on any atom is -0.508 e. The molecule has 0 amide bonds. The first kappa shape index (κ1) is 10.4. The molecule has 80 valence electrons. The minimum absolute atomic E-state index is 0.259. The van der Waals surface area contributed by atoms with Gasteiger partial charge in [-0.05, 0) is 35.7 Å². The number of benzene rings is 2. The molecule has 16 heavy (non-hydrogen) atoms. The Bertz CT molecular complexity index is 493. The van der Waals surface area contributed by atoms with Gasteiger partial charge in [-0.25, -0.2) is 0 Å². The van der Waals surface area contributed by atoms with Crippen molar-refractivity contribution >= 4 is 6.29 Å². The van der Waals surface area contributed by atoms with E-state index >= 15 is 0 Å². The van der Waals surface area contributed by atoms with Crippen molar-refractivity contribution in [1.82, 2.24) is 0 Å². The lowest BCUT2D eigenvalue weighted by molar-refractivity contribution is 0.112. The third-order valence-corrected chi connectivity index (χ3v) is 2.44. The lowest BCUT2D eigenvalue weighted by Gasteiger charge is -2.04. The molecule has 0 aliphatic rings. The van der Waals surface area contributed by atoms with Crippen molar-refractivity contribution < 1.29 is 9.90 Å². The zero-order valence-corrected chi connectivity index (χ0v) is 8.97. The van der Waals surface area contributed by atoms with Crippen LogP contribution >= 0.6 is 0 Å². The van der Waals surface area contributed by atoms with Crippen molar-refractivity contribution in [2.24, 2.45) is 0 Å². The molecule has 2 heteroatoms. The fourth-order valence-corrected chi connectivity index (χ4v) is 1.68. The largest absolute Gasteiger partial charge is 0.508 e. The molecule has 0 radical (unpaired) electrons. The molecule has 0 unspecified atom stereocenters. The Morgan fingerprint density at radius 1 is 1.00 bits per heavy atom. The van der Waals surface area contributed by atoms with Gasteiger partial charge in [0.1, 0.15) is 12.0 Å². The van der Waals surface area contributed by atoms with Gasteiger partial charge in [-0.1, -0.05) is 30.3 Å². The molecule has 0 aromatic heterocycles. The average molecular weight is 212 g/mol. The Morgan fingerprint density at radius 2 is 1.69 bits per heavy atom. The van der Waals surface area contributed by atoms with Crippen molar-refractivity contribution in [3.63, 3.8) is 0 Å². The molecule has 2 rings (SSSR count). The van der Waals surface area contributed by atoms with Crippen LogP contribution in [0.1, 0.15) is 15.9 Å². The number of aromatic hydroxyl groups is 1. The van der Waals surface area contributed by atoms with Crippen LogP contribution in [0.4, 0.5) is 0 Å². The van der Waals surface area contributed by atoms with Gasteiger partial charge < -0.3 is 5.11 Å². The summed E-state index contributed by atoms with van der Waals surface area (Å²) in [5.74, 6) is 0.259. The van der Waals surface area contributed by atoms with Crippen LogP contribution < -0.4 is 0 Å². The predicted molar refractivity (Wildman–Crippen MR) is 63.7 cm³/mol. The summed E-state index contributed by atoms with van der Waals surface area (Å²) in [4.78, 5) is 10.5. The highest BCUT2D eigenvalue weighted by Crippen LogP contribution is 2.25. The maximum atomic E-state index is 10.5. The maximum Gasteiger partial charge on any atom is 0.150 e. The Kier molecular flexibility index (Phi) is 2.73. The van der Waals surface area contributed by atoms with Crippen LogP contribution in [0.15, 0.2) is 42.5 Å². The highest BCUT2D eigenvalue weighted by Gasteiger charge is 2.00. The van der Waals surface area contributed by atoms with Gasteiger partial charge in [-0.3, -0.25) is 4.79 Å². The van der Waals surface area contributed by atoms with E-state index in [4.69, 9.17) is 0 Å². The molecule has 0 spiro atoms. The number of hydrogen-bond donors (Lipinski definition) is 1. The van der Waals surface area contributed by atoms with E-state index < -0.39 is 0 Å². The molecule has 2 aromatic rings. The van der Waals surface area contributed by atoms with Crippen molar-refractivity contribution in [2.75, 3.05) is 0 Å². The second kappa shape index (κ2) is 4.19. The number of phenolic OH excluding ortho intramolecular Hbond substituents is 1. The minimum atomic E-state index is 0.259. The fraction of sp³-hybridized carbons (Fsp3) is 0.0714. The van der Waals surface area contributed by atoms with Gasteiger partial charge in [0.05, 0.1) is 0 Å². The SMILES string of the molecule is Cc1cc(O)cc(-c2ccc(C=O)cc2)c1. The standard InChI is InChI=1S/C14H12O2/c1-10-6-13(8-14(16)7-10)12-4-2-11(9-15)3-5-12/h2-9,16H,1H3. The van der Waals surface area contributed by atoms with Crippen LogP contribution in [-0.4, -0.2) is 11.4 Å². The Hall–Kier alpha value is -2.09. The molecule has 2 aromatic carbocycles. The molecule has 0 fully saturated rings. The first-order chi connectivity index (χ1) is 7.69. The first-order valence-electron chi connectivity index (χ1n) is 5.05. The van der Waals surface area contributed by atoms with Crippen LogP contribution in [-0.2, 0) is 0 Å². The molecule has 0 atom stereocenters. The van der Waals surface area contributed by atoms with Crippen LogP contribution in [0.25, 0.3) is 11.1 Å². The molecule has 0 aliphatic heterocycles. The fourth-order valence-electron chi connectivity index (χ4n) is 1.68. The van der Waals surface area contributed by atoms with Crippen LogP contribution in [0, 0.1) is 6.92 Å². The van der Waals surface area contributed by atoms with Crippen LogP contribution in [0.2, 0.25) is 0 Å². The molecule has 0 aliphatic carbocycles. The molecular formula is C14H12O2. The molecule has 0 saturated heterocycles. The molecule has 0 bridgehead atoms. The summed E-state index contributed by atoms with van der Waals surface area (Å²) >= 11 is 0. The summed E-state index contributed by atoms with van der Waals surface area (Å²) in [6, 6.07) is 12.7. The number of phenols is 1. The summed E-state index contributed by atoms with van der Waals surface area (Å²) in [7, 11) is 0. The number of aldehydes is 1. The summed E-state index contributed by atoms with van der Waals surface area (Å²) in [6.45, 7) is 1.93. The van der Waals surface area contributed by atoms with E-state index in [9.17, 15) is 9.90 Å². The molecule has 0 heterocycles. The summed E-state index contributed by atoms with van der Waals surface area (Å²) in [6.07, 6.45) is 0.817. The zero-order valence-electron chi connectivity index (χ0n) is 8.97. The predicted octanol–water partition coefficient (Wildman–Crippen LogP) is 3.18. The van der Waals surface area contributed by atoms with E-state index in [-0.39, 0.29) is 5.75 Å². The van der Waals surface area contributed by atoms with Crippen molar-refractivity contribution in [2.45, 2.75) is 6.92 Å². The number of hydrogen-bond acceptors (Lipinski definition) is 2. The van der Waals surface area contributed by atoms with Gasteiger partial charge in [0.2, 0.25) is 0 Å². The number of aryl methyl sites for hydroxylation is 1. The lowest BCUT2D eigenvalue weighted by atomic mass is 10.0. The van der Waals surface area contributed by atoms with Crippen LogP contribution in [0.5, 0.6) is 5.75 Å². The zero-order chi connectivity index (χ0) is 11.5. The number of carbonyl (C=O) groups is 1. The van der Waals surface area contributed by atoms with Gasteiger partial charge in [0, 0.05) is 5.56 Å². The highest BCUT2D eigenvalue weighted by molar-refractivity contribution is 5.77. The monoisotopic (exact) mass is 212 g/mol. The topological polar surface area (TPSA) is 37.3 Å². The smallest absolute Gasteiger partial charge is 0.150 e. The highest BCUT2D eigenvalue weighted by atomic mass is 16.3. The van der Waals surface area contributed by atoms with Gasteiger partial charge in [0.25, 0.3) is 0 Å². The van der Waals surface area contributed by atoms with E-state index in [2.05, 4.69) is 0 Å². The summed E-state index contributed by atoms with van der Waals surface area (Å²) in [5, 5.41) is 9.50. The van der Waals surface area contributed by atoms with E-state index in [0.29, 0.717) is 5.56 Å². The second-order valence-electron chi connectivity index (χ2n) is 3.80. The number of carbonyl (C=O) groups excluding carboxylic acids is 1. The molecule has 2 nitrogen and oxygen atoms in total. The second-order valence-corrected chi connectivity index (χ2v) is 3.80. The van der Waals surface area contributed by atoms with E-state index in [1.807, 2.05) is 25.1 Å². The summed E-state index contributed by atoms with van der Waals surface area (Å²) in [5.41, 5.74) is 3.61. The average Bonchev–Trinajstić information content (AvgIpc) is 2.28. The third kappa shape index (κ3) is 2.11.